The third-order valence-corrected chi connectivity index (χ3v) is 5.56. The molecule has 8 nitrogen and oxygen atoms in total. The van der Waals surface area contributed by atoms with Gasteiger partial charge in [-0.2, -0.15) is 0 Å². The number of amides is 1. The van der Waals surface area contributed by atoms with Gasteiger partial charge in [0.15, 0.2) is 11.5 Å². The molecule has 2 heterocycles. The van der Waals surface area contributed by atoms with Crippen LogP contribution in [0.3, 0.4) is 0 Å². The fraction of sp³-hybridized carbons (Fsp3) is 0.364. The maximum atomic E-state index is 12.8. The fourth-order valence-corrected chi connectivity index (χ4v) is 3.88. The van der Waals surface area contributed by atoms with Gasteiger partial charge in [-0.15, -0.1) is 5.10 Å². The molecule has 1 aromatic heterocycles. The van der Waals surface area contributed by atoms with Crippen molar-refractivity contribution in [2.45, 2.75) is 25.3 Å². The molecule has 0 spiro atoms. The van der Waals surface area contributed by atoms with E-state index in [1.807, 2.05) is 29.2 Å². The van der Waals surface area contributed by atoms with Crippen molar-refractivity contribution in [1.29, 1.82) is 0 Å². The third kappa shape index (κ3) is 3.85. The summed E-state index contributed by atoms with van der Waals surface area (Å²) in [5.41, 5.74) is 1.34. The Kier molecular flexibility index (Phi) is 5.65. The lowest BCUT2D eigenvalue weighted by Crippen LogP contribution is -2.42. The molecule has 0 unspecified atom stereocenters. The Morgan fingerprint density at radius 1 is 1.07 bits per heavy atom. The maximum absolute atomic E-state index is 12.8. The number of aromatic nitrogens is 3. The molecule has 0 aliphatic carbocycles. The Labute approximate surface area is 174 Å². The third-order valence-electron chi connectivity index (χ3n) is 5.56. The molecule has 1 aliphatic rings. The van der Waals surface area contributed by atoms with Crippen molar-refractivity contribution in [2.75, 3.05) is 27.3 Å². The number of ether oxygens (including phenoxy) is 2. The van der Waals surface area contributed by atoms with Gasteiger partial charge in [-0.05, 0) is 42.7 Å². The first-order chi connectivity index (χ1) is 14.6. The molecule has 0 atom stereocenters. The number of hydrogen-bond acceptors (Lipinski definition) is 6. The Morgan fingerprint density at radius 3 is 2.53 bits per heavy atom. The first-order valence-electron chi connectivity index (χ1n) is 9.93. The van der Waals surface area contributed by atoms with Crippen LogP contribution in [0.1, 0.15) is 24.4 Å². The van der Waals surface area contributed by atoms with Crippen LogP contribution in [0.5, 0.6) is 11.5 Å². The van der Waals surface area contributed by atoms with Crippen LogP contribution in [0.4, 0.5) is 0 Å². The average molecular weight is 408 g/mol. The average Bonchev–Trinajstić information content (AvgIpc) is 2.79. The van der Waals surface area contributed by atoms with Gasteiger partial charge in [0.25, 0.3) is 5.56 Å². The standard InChI is InChI=1S/C22H24N4O4/c1-29-19-8-7-15(13-20(19)30-2)14-21(27)25-11-9-16(10-12-25)26-22(28)17-5-3-4-6-18(17)23-24-26/h3-8,13,16H,9-12,14H2,1-2H3. The summed E-state index contributed by atoms with van der Waals surface area (Å²) in [5.74, 6) is 1.30. The van der Waals surface area contributed by atoms with E-state index in [4.69, 9.17) is 9.47 Å². The van der Waals surface area contributed by atoms with Gasteiger partial charge >= 0.3 is 0 Å². The number of rotatable bonds is 5. The molecule has 30 heavy (non-hydrogen) atoms. The van der Waals surface area contributed by atoms with Gasteiger partial charge < -0.3 is 14.4 Å². The second-order valence-electron chi connectivity index (χ2n) is 7.33. The number of methoxy groups -OCH3 is 2. The van der Waals surface area contributed by atoms with E-state index in [2.05, 4.69) is 10.3 Å². The van der Waals surface area contributed by atoms with E-state index in [9.17, 15) is 9.59 Å². The number of nitrogens with zero attached hydrogens (tertiary/aromatic N) is 4. The molecule has 1 amide bonds. The number of fused-ring (bicyclic) bond motifs is 1. The van der Waals surface area contributed by atoms with Crippen LogP contribution in [0.25, 0.3) is 10.9 Å². The molecule has 0 saturated carbocycles. The van der Waals surface area contributed by atoms with Crippen molar-refractivity contribution < 1.29 is 14.3 Å². The molecule has 0 N–H and O–H groups in total. The Bertz CT molecular complexity index is 1120. The molecule has 0 radical (unpaired) electrons. The first-order valence-corrected chi connectivity index (χ1v) is 9.93. The monoisotopic (exact) mass is 408 g/mol. The Hall–Kier alpha value is -3.42. The highest BCUT2D eigenvalue weighted by Gasteiger charge is 2.26. The van der Waals surface area contributed by atoms with Gasteiger partial charge in [-0.25, -0.2) is 4.68 Å². The molecular weight excluding hydrogens is 384 g/mol. The molecule has 0 bridgehead atoms. The quantitative estimate of drug-likeness (QED) is 0.643. The van der Waals surface area contributed by atoms with Crippen LogP contribution in [0, 0.1) is 0 Å². The minimum absolute atomic E-state index is 0.0533. The summed E-state index contributed by atoms with van der Waals surface area (Å²) in [7, 11) is 3.16. The molecule has 3 aromatic rings. The lowest BCUT2D eigenvalue weighted by atomic mass is 10.0. The molecule has 2 aromatic carbocycles. The van der Waals surface area contributed by atoms with Gasteiger partial charge in [0.1, 0.15) is 5.52 Å². The summed E-state index contributed by atoms with van der Waals surface area (Å²) in [6.07, 6.45) is 1.63. The van der Waals surface area contributed by atoms with E-state index >= 15 is 0 Å². The van der Waals surface area contributed by atoms with E-state index in [0.717, 1.165) is 5.56 Å². The number of piperidine rings is 1. The minimum Gasteiger partial charge on any atom is -0.493 e. The van der Waals surface area contributed by atoms with Crippen molar-refractivity contribution >= 4 is 16.8 Å². The van der Waals surface area contributed by atoms with E-state index in [1.165, 1.54) is 4.68 Å². The van der Waals surface area contributed by atoms with Crippen molar-refractivity contribution in [2.24, 2.45) is 0 Å². The number of carbonyl (C=O) groups excluding carboxylic acids is 1. The van der Waals surface area contributed by atoms with E-state index < -0.39 is 0 Å². The van der Waals surface area contributed by atoms with Gasteiger partial charge in [0, 0.05) is 13.1 Å². The van der Waals surface area contributed by atoms with Gasteiger partial charge in [-0.1, -0.05) is 23.4 Å². The summed E-state index contributed by atoms with van der Waals surface area (Å²) in [5, 5.41) is 8.86. The van der Waals surface area contributed by atoms with Crippen molar-refractivity contribution in [3.05, 3.63) is 58.4 Å². The lowest BCUT2D eigenvalue weighted by Gasteiger charge is -2.32. The van der Waals surface area contributed by atoms with Crippen LogP contribution in [-0.4, -0.2) is 53.1 Å². The van der Waals surface area contributed by atoms with Gasteiger partial charge in [-0.3, -0.25) is 9.59 Å². The van der Waals surface area contributed by atoms with Crippen LogP contribution in [0.2, 0.25) is 0 Å². The second-order valence-corrected chi connectivity index (χ2v) is 7.33. The Morgan fingerprint density at radius 2 is 1.80 bits per heavy atom. The normalized spacial score (nSPS) is 14.7. The van der Waals surface area contributed by atoms with Crippen molar-refractivity contribution in [1.82, 2.24) is 19.9 Å². The molecular formula is C22H24N4O4. The van der Waals surface area contributed by atoms with Crippen LogP contribution >= 0.6 is 0 Å². The molecule has 1 fully saturated rings. The van der Waals surface area contributed by atoms with Gasteiger partial charge in [0.05, 0.1) is 32.1 Å². The fourth-order valence-electron chi connectivity index (χ4n) is 3.88. The van der Waals surface area contributed by atoms with Crippen molar-refractivity contribution in [3.63, 3.8) is 0 Å². The smallest absolute Gasteiger partial charge is 0.277 e. The van der Waals surface area contributed by atoms with E-state index in [1.54, 1.807) is 32.4 Å². The highest BCUT2D eigenvalue weighted by Crippen LogP contribution is 2.28. The zero-order valence-corrected chi connectivity index (χ0v) is 17.1. The van der Waals surface area contributed by atoms with E-state index in [-0.39, 0.29) is 17.5 Å². The van der Waals surface area contributed by atoms with Crippen LogP contribution in [0.15, 0.2) is 47.3 Å². The molecule has 1 aliphatic heterocycles. The second kappa shape index (κ2) is 8.52. The van der Waals surface area contributed by atoms with Crippen molar-refractivity contribution in [3.8, 4) is 11.5 Å². The summed E-state index contributed by atoms with van der Waals surface area (Å²) < 4.78 is 12.0. The first kappa shape index (κ1) is 19.9. The number of benzene rings is 2. The van der Waals surface area contributed by atoms with Crippen LogP contribution < -0.4 is 15.0 Å². The molecule has 156 valence electrons. The zero-order valence-electron chi connectivity index (χ0n) is 17.1. The lowest BCUT2D eigenvalue weighted by molar-refractivity contribution is -0.131. The topological polar surface area (TPSA) is 86.5 Å². The summed E-state index contributed by atoms with van der Waals surface area (Å²) >= 11 is 0. The van der Waals surface area contributed by atoms with Crippen LogP contribution in [-0.2, 0) is 11.2 Å². The maximum Gasteiger partial charge on any atom is 0.277 e. The molecule has 1 saturated heterocycles. The molecule has 8 heteroatoms. The zero-order chi connectivity index (χ0) is 21.1. The summed E-state index contributed by atoms with van der Waals surface area (Å²) in [6, 6.07) is 12.7. The summed E-state index contributed by atoms with van der Waals surface area (Å²) in [6.45, 7) is 1.16. The highest BCUT2D eigenvalue weighted by molar-refractivity contribution is 5.79. The SMILES string of the molecule is COc1ccc(CC(=O)N2CCC(n3nnc4ccccc4c3=O)CC2)cc1OC. The summed E-state index contributed by atoms with van der Waals surface area (Å²) in [4.78, 5) is 27.4. The Balaban J connectivity index is 1.42. The minimum atomic E-state index is -0.129. The number of likely N-dealkylation sites (tertiary alicyclic amines) is 1. The number of hydrogen-bond donors (Lipinski definition) is 0. The largest absolute Gasteiger partial charge is 0.493 e. The predicted molar refractivity (Wildman–Crippen MR) is 112 cm³/mol. The van der Waals surface area contributed by atoms with Gasteiger partial charge in [0.2, 0.25) is 5.91 Å². The number of carbonyl (C=O) groups is 1. The molecule has 4 rings (SSSR count). The highest BCUT2D eigenvalue weighted by atomic mass is 16.5. The van der Waals surface area contributed by atoms with E-state index in [0.29, 0.717) is 54.8 Å². The predicted octanol–water partition coefficient (Wildman–Crippen LogP) is 2.21.